The molecule has 0 aliphatic heterocycles. The van der Waals surface area contributed by atoms with Crippen LogP contribution in [-0.2, 0) is 4.79 Å². The number of rotatable bonds is 3. The molecule has 0 bridgehead atoms. The van der Waals surface area contributed by atoms with E-state index >= 15 is 0 Å². The van der Waals surface area contributed by atoms with Gasteiger partial charge in [0.15, 0.2) is 0 Å². The highest BCUT2D eigenvalue weighted by atomic mass is 16.3. The first-order chi connectivity index (χ1) is 8.27. The molecule has 0 atom stereocenters. The molecule has 0 spiro atoms. The van der Waals surface area contributed by atoms with Crippen LogP contribution >= 0.6 is 0 Å². The third-order valence-electron chi connectivity index (χ3n) is 2.83. The first kappa shape index (κ1) is 14.1. The van der Waals surface area contributed by atoms with Gasteiger partial charge in [0.2, 0.25) is 5.91 Å². The largest absolute Gasteiger partial charge is 0.508 e. The zero-order valence-electron chi connectivity index (χ0n) is 11.3. The first-order valence-electron chi connectivity index (χ1n) is 5.84. The minimum absolute atomic E-state index is 0.137. The van der Waals surface area contributed by atoms with Crippen LogP contribution in [0, 0.1) is 19.8 Å². The summed E-state index contributed by atoms with van der Waals surface area (Å²) in [5, 5.41) is 9.77. The predicted octanol–water partition coefficient (Wildman–Crippen LogP) is 2.43. The van der Waals surface area contributed by atoms with E-state index in [-0.39, 0.29) is 23.4 Å². The fraction of sp³-hybridized carbons (Fsp3) is 0.357. The number of aryl methyl sites for hydroxylation is 1. The van der Waals surface area contributed by atoms with Gasteiger partial charge in [0.1, 0.15) is 11.6 Å². The maximum absolute atomic E-state index is 12.2. The van der Waals surface area contributed by atoms with Gasteiger partial charge in [0.25, 0.3) is 0 Å². The molecule has 0 fully saturated rings. The maximum Gasteiger partial charge on any atom is 0.235 e. The maximum atomic E-state index is 12.2. The molecule has 1 aromatic carbocycles. The van der Waals surface area contributed by atoms with Crippen molar-refractivity contribution in [3.8, 4) is 5.75 Å². The van der Waals surface area contributed by atoms with Crippen LogP contribution in [0.3, 0.4) is 0 Å². The highest BCUT2D eigenvalue weighted by Crippen LogP contribution is 2.33. The van der Waals surface area contributed by atoms with Gasteiger partial charge in [-0.15, -0.1) is 0 Å². The smallest absolute Gasteiger partial charge is 0.235 e. The molecule has 3 N–H and O–H groups in total. The monoisotopic (exact) mass is 248 g/mol. The third kappa shape index (κ3) is 2.47. The number of anilines is 1. The number of phenols is 1. The summed E-state index contributed by atoms with van der Waals surface area (Å²) in [6.45, 7) is 10.9. The molecule has 4 nitrogen and oxygen atoms in total. The van der Waals surface area contributed by atoms with Crippen LogP contribution in [-0.4, -0.2) is 11.0 Å². The van der Waals surface area contributed by atoms with Gasteiger partial charge in [-0.1, -0.05) is 26.5 Å². The predicted molar refractivity (Wildman–Crippen MR) is 73.2 cm³/mol. The summed E-state index contributed by atoms with van der Waals surface area (Å²) in [6, 6.07) is 3.35. The fourth-order valence-electron chi connectivity index (χ4n) is 1.82. The van der Waals surface area contributed by atoms with Crippen molar-refractivity contribution in [3.63, 3.8) is 0 Å². The number of hydrogen-bond acceptors (Lipinski definition) is 3. The Balaban J connectivity index is 3.44. The van der Waals surface area contributed by atoms with E-state index in [1.807, 2.05) is 6.92 Å². The van der Waals surface area contributed by atoms with E-state index in [9.17, 15) is 9.90 Å². The average molecular weight is 248 g/mol. The van der Waals surface area contributed by atoms with Gasteiger partial charge < -0.3 is 10.8 Å². The molecule has 1 rings (SSSR count). The first-order valence-corrected chi connectivity index (χ1v) is 5.84. The van der Waals surface area contributed by atoms with Gasteiger partial charge in [0.05, 0.1) is 5.69 Å². The van der Waals surface area contributed by atoms with Crippen molar-refractivity contribution in [2.75, 3.05) is 4.90 Å². The number of benzene rings is 1. The number of phenolic OH excluding ortho intramolecular Hbond substituents is 1. The summed E-state index contributed by atoms with van der Waals surface area (Å²) in [5.41, 5.74) is 7.82. The van der Waals surface area contributed by atoms with E-state index in [2.05, 4.69) is 6.58 Å². The van der Waals surface area contributed by atoms with Crippen LogP contribution in [0.2, 0.25) is 0 Å². The Morgan fingerprint density at radius 3 is 2.39 bits per heavy atom. The molecule has 0 aliphatic rings. The minimum atomic E-state index is -0.202. The molecule has 0 heterocycles. The lowest BCUT2D eigenvalue weighted by Gasteiger charge is -2.27. The lowest BCUT2D eigenvalue weighted by atomic mass is 10.0. The van der Waals surface area contributed by atoms with Crippen molar-refractivity contribution in [2.24, 2.45) is 11.7 Å². The lowest BCUT2D eigenvalue weighted by Crippen LogP contribution is -2.37. The average Bonchev–Trinajstić information content (AvgIpc) is 2.28. The van der Waals surface area contributed by atoms with Crippen molar-refractivity contribution < 1.29 is 9.90 Å². The Hall–Kier alpha value is -1.97. The molecule has 0 aromatic heterocycles. The van der Waals surface area contributed by atoms with Crippen LogP contribution in [0.25, 0.3) is 0 Å². The Morgan fingerprint density at radius 2 is 1.94 bits per heavy atom. The molecule has 0 unspecified atom stereocenters. The second kappa shape index (κ2) is 5.12. The van der Waals surface area contributed by atoms with Crippen LogP contribution in [0.5, 0.6) is 5.75 Å². The van der Waals surface area contributed by atoms with Gasteiger partial charge in [-0.3, -0.25) is 9.69 Å². The van der Waals surface area contributed by atoms with Crippen molar-refractivity contribution in [1.29, 1.82) is 0 Å². The Kier molecular flexibility index (Phi) is 4.01. The van der Waals surface area contributed by atoms with Gasteiger partial charge >= 0.3 is 0 Å². The standard InChI is InChI=1S/C14H20N2O2/c1-8(2)14(18)16(11(5)15)13-9(3)6-7-12(17)10(13)4/h6-8,17H,5,15H2,1-4H3. The second-order valence-corrected chi connectivity index (χ2v) is 4.69. The molecule has 1 aromatic rings. The molecule has 0 saturated carbocycles. The van der Waals surface area contributed by atoms with E-state index < -0.39 is 0 Å². The van der Waals surface area contributed by atoms with Crippen molar-refractivity contribution in [1.82, 2.24) is 0 Å². The quantitative estimate of drug-likeness (QED) is 0.863. The summed E-state index contributed by atoms with van der Waals surface area (Å²) < 4.78 is 0. The van der Waals surface area contributed by atoms with Crippen LogP contribution in [0.1, 0.15) is 25.0 Å². The minimum Gasteiger partial charge on any atom is -0.508 e. The number of nitrogens with zero attached hydrogens (tertiary/aromatic N) is 1. The highest BCUT2D eigenvalue weighted by molar-refractivity contribution is 5.99. The second-order valence-electron chi connectivity index (χ2n) is 4.69. The fourth-order valence-corrected chi connectivity index (χ4v) is 1.82. The summed E-state index contributed by atoms with van der Waals surface area (Å²) >= 11 is 0. The molecular weight excluding hydrogens is 228 g/mol. The summed E-state index contributed by atoms with van der Waals surface area (Å²) in [5.74, 6) is -0.0466. The highest BCUT2D eigenvalue weighted by Gasteiger charge is 2.24. The van der Waals surface area contributed by atoms with Gasteiger partial charge in [-0.25, -0.2) is 0 Å². The van der Waals surface area contributed by atoms with Gasteiger partial charge in [-0.2, -0.15) is 0 Å². The van der Waals surface area contributed by atoms with Gasteiger partial charge in [-0.05, 0) is 25.5 Å². The van der Waals surface area contributed by atoms with Crippen LogP contribution < -0.4 is 10.6 Å². The Bertz CT molecular complexity index is 493. The number of carbonyl (C=O) groups is 1. The Morgan fingerprint density at radius 1 is 1.39 bits per heavy atom. The summed E-state index contributed by atoms with van der Waals surface area (Å²) in [6.07, 6.45) is 0. The number of nitrogens with two attached hydrogens (primary N) is 1. The van der Waals surface area contributed by atoms with E-state index in [4.69, 9.17) is 5.73 Å². The van der Waals surface area contributed by atoms with Crippen molar-refractivity contribution in [3.05, 3.63) is 35.7 Å². The van der Waals surface area contributed by atoms with E-state index in [0.29, 0.717) is 11.3 Å². The summed E-state index contributed by atoms with van der Waals surface area (Å²) in [7, 11) is 0. The molecule has 1 amide bonds. The normalized spacial score (nSPS) is 10.5. The molecule has 18 heavy (non-hydrogen) atoms. The van der Waals surface area contributed by atoms with Crippen molar-refractivity contribution in [2.45, 2.75) is 27.7 Å². The van der Waals surface area contributed by atoms with Gasteiger partial charge in [0, 0.05) is 11.5 Å². The molecule has 0 radical (unpaired) electrons. The number of hydrogen-bond donors (Lipinski definition) is 2. The molecule has 98 valence electrons. The Labute approximate surface area is 108 Å². The molecular formula is C14H20N2O2. The zero-order valence-corrected chi connectivity index (χ0v) is 11.3. The SMILES string of the molecule is C=C(N)N(C(=O)C(C)C)c1c(C)ccc(O)c1C. The molecule has 0 saturated heterocycles. The number of amides is 1. The topological polar surface area (TPSA) is 66.6 Å². The van der Waals surface area contributed by atoms with E-state index in [0.717, 1.165) is 5.56 Å². The van der Waals surface area contributed by atoms with Crippen LogP contribution in [0.15, 0.2) is 24.5 Å². The summed E-state index contributed by atoms with van der Waals surface area (Å²) in [4.78, 5) is 13.6. The van der Waals surface area contributed by atoms with Crippen molar-refractivity contribution >= 4 is 11.6 Å². The number of carbonyl (C=O) groups excluding carboxylic acids is 1. The van der Waals surface area contributed by atoms with E-state index in [1.165, 1.54) is 4.90 Å². The number of aromatic hydroxyl groups is 1. The zero-order chi connectivity index (χ0) is 14.0. The molecule has 4 heteroatoms. The van der Waals surface area contributed by atoms with Crippen LogP contribution in [0.4, 0.5) is 5.69 Å². The third-order valence-corrected chi connectivity index (χ3v) is 2.83. The lowest BCUT2D eigenvalue weighted by molar-refractivity contribution is -0.120. The van der Waals surface area contributed by atoms with E-state index in [1.54, 1.807) is 32.9 Å². The molecule has 0 aliphatic carbocycles.